The van der Waals surface area contributed by atoms with Gasteiger partial charge in [-0.05, 0) is 18.8 Å². The zero-order chi connectivity index (χ0) is 15.0. The van der Waals surface area contributed by atoms with Crippen molar-refractivity contribution >= 4 is 11.9 Å². The number of hydrogen-bond acceptors (Lipinski definition) is 2. The molecule has 0 aromatic carbocycles. The highest BCUT2D eigenvalue weighted by Gasteiger charge is 2.24. The molecule has 1 fully saturated rings. The van der Waals surface area contributed by atoms with E-state index in [9.17, 15) is 18.4 Å². The van der Waals surface area contributed by atoms with Crippen LogP contribution in [0.5, 0.6) is 0 Å². The number of amides is 1. The smallest absolute Gasteiger partial charge is 0.326 e. The Bertz CT molecular complexity index is 318. The lowest BCUT2D eigenvalue weighted by Crippen LogP contribution is -2.41. The summed E-state index contributed by atoms with van der Waals surface area (Å²) in [4.78, 5) is 22.3. The van der Waals surface area contributed by atoms with Gasteiger partial charge >= 0.3 is 5.97 Å². The molecule has 0 radical (unpaired) electrons. The summed E-state index contributed by atoms with van der Waals surface area (Å²) in [5.74, 6) is -1.20. The molecule has 1 aliphatic carbocycles. The Labute approximate surface area is 117 Å². The third-order valence-corrected chi connectivity index (χ3v) is 3.79. The number of carbonyl (C=O) groups is 2. The molecule has 6 heteroatoms. The number of hydrogen-bond donors (Lipinski definition) is 2. The van der Waals surface area contributed by atoms with Crippen molar-refractivity contribution < 1.29 is 23.5 Å². The summed E-state index contributed by atoms with van der Waals surface area (Å²) in [6, 6.07) is -1.49. The molecule has 0 heterocycles. The molecule has 0 spiro atoms. The second-order valence-corrected chi connectivity index (χ2v) is 5.48. The first-order chi connectivity index (χ1) is 9.49. The number of nitrogens with one attached hydrogen (secondary N) is 1. The number of carboxylic acids is 1. The van der Waals surface area contributed by atoms with E-state index in [0.29, 0.717) is 12.3 Å². The normalized spacial score (nSPS) is 17.9. The Kier molecular flexibility index (Phi) is 7.47. The summed E-state index contributed by atoms with van der Waals surface area (Å²) >= 11 is 0. The van der Waals surface area contributed by atoms with E-state index >= 15 is 0 Å². The zero-order valence-electron chi connectivity index (χ0n) is 11.6. The Morgan fingerprint density at radius 3 is 2.40 bits per heavy atom. The molecule has 1 atom stereocenters. The lowest BCUT2D eigenvalue weighted by Gasteiger charge is -2.21. The molecule has 1 amide bonds. The zero-order valence-corrected chi connectivity index (χ0v) is 11.6. The largest absolute Gasteiger partial charge is 0.480 e. The average Bonchev–Trinajstić information content (AvgIpc) is 2.38. The molecule has 0 saturated heterocycles. The number of alkyl halides is 2. The van der Waals surface area contributed by atoms with E-state index in [1.165, 1.54) is 32.1 Å². The molecule has 20 heavy (non-hydrogen) atoms. The Morgan fingerprint density at radius 1 is 1.20 bits per heavy atom. The fraction of sp³-hybridized carbons (Fsp3) is 0.857. The first kappa shape index (κ1) is 16.9. The summed E-state index contributed by atoms with van der Waals surface area (Å²) < 4.78 is 24.4. The van der Waals surface area contributed by atoms with Gasteiger partial charge in [-0.15, -0.1) is 0 Å². The Balaban J connectivity index is 2.21. The minimum absolute atomic E-state index is 0.212. The van der Waals surface area contributed by atoms with Crippen LogP contribution in [0.4, 0.5) is 8.78 Å². The van der Waals surface area contributed by atoms with Crippen LogP contribution in [0.25, 0.3) is 0 Å². The van der Waals surface area contributed by atoms with Gasteiger partial charge in [-0.25, -0.2) is 13.6 Å². The predicted molar refractivity (Wildman–Crippen MR) is 70.6 cm³/mol. The molecule has 1 aliphatic rings. The van der Waals surface area contributed by atoms with E-state index in [2.05, 4.69) is 5.32 Å². The summed E-state index contributed by atoms with van der Waals surface area (Å²) in [5.41, 5.74) is 0. The first-order valence-electron chi connectivity index (χ1n) is 7.29. The molecular weight excluding hydrogens is 268 g/mol. The van der Waals surface area contributed by atoms with Crippen molar-refractivity contribution in [1.29, 1.82) is 0 Å². The summed E-state index contributed by atoms with van der Waals surface area (Å²) in [6.45, 7) is 0. The molecule has 4 nitrogen and oxygen atoms in total. The molecule has 1 unspecified atom stereocenters. The highest BCUT2D eigenvalue weighted by molar-refractivity contribution is 5.83. The van der Waals surface area contributed by atoms with Crippen LogP contribution in [0.2, 0.25) is 0 Å². The molecule has 1 saturated carbocycles. The van der Waals surface area contributed by atoms with Gasteiger partial charge in [0.25, 0.3) is 0 Å². The van der Waals surface area contributed by atoms with E-state index in [-0.39, 0.29) is 6.42 Å². The van der Waals surface area contributed by atoms with Crippen LogP contribution < -0.4 is 5.32 Å². The van der Waals surface area contributed by atoms with Crippen LogP contribution in [0.15, 0.2) is 0 Å². The number of carbonyl (C=O) groups excluding carboxylic acids is 1. The van der Waals surface area contributed by atoms with Crippen molar-refractivity contribution in [2.75, 3.05) is 0 Å². The first-order valence-corrected chi connectivity index (χ1v) is 7.29. The van der Waals surface area contributed by atoms with Gasteiger partial charge in [0.2, 0.25) is 12.3 Å². The molecule has 116 valence electrons. The maximum absolute atomic E-state index is 12.2. The van der Waals surface area contributed by atoms with Gasteiger partial charge < -0.3 is 10.4 Å². The molecule has 0 aromatic heterocycles. The van der Waals surface area contributed by atoms with Crippen molar-refractivity contribution in [3.63, 3.8) is 0 Å². The van der Waals surface area contributed by atoms with Gasteiger partial charge in [0.05, 0.1) is 0 Å². The van der Waals surface area contributed by atoms with E-state index in [4.69, 9.17) is 5.11 Å². The van der Waals surface area contributed by atoms with E-state index in [1.807, 2.05) is 0 Å². The maximum atomic E-state index is 12.2. The highest BCUT2D eigenvalue weighted by Crippen LogP contribution is 2.27. The van der Waals surface area contributed by atoms with Crippen LogP contribution in [0.1, 0.15) is 57.8 Å². The van der Waals surface area contributed by atoms with Gasteiger partial charge in [0.15, 0.2) is 0 Å². The lowest BCUT2D eigenvalue weighted by molar-refractivity contribution is -0.143. The van der Waals surface area contributed by atoms with Crippen molar-refractivity contribution in [3.8, 4) is 0 Å². The monoisotopic (exact) mass is 291 g/mol. The summed E-state index contributed by atoms with van der Waals surface area (Å²) in [7, 11) is 0. The third kappa shape index (κ3) is 6.82. The number of carboxylic acid groups (broad SMARTS) is 1. The number of halogens is 2. The van der Waals surface area contributed by atoms with Gasteiger partial charge in [-0.2, -0.15) is 0 Å². The molecular formula is C14H23F2NO3. The lowest BCUT2D eigenvalue weighted by atomic mass is 9.86. The average molecular weight is 291 g/mol. The topological polar surface area (TPSA) is 66.4 Å². The predicted octanol–water partition coefficient (Wildman–Crippen LogP) is 2.96. The fourth-order valence-electron chi connectivity index (χ4n) is 2.69. The van der Waals surface area contributed by atoms with Crippen LogP contribution in [-0.4, -0.2) is 29.5 Å². The van der Waals surface area contributed by atoms with Crippen molar-refractivity contribution in [2.45, 2.75) is 70.3 Å². The van der Waals surface area contributed by atoms with Gasteiger partial charge in [0, 0.05) is 12.8 Å². The summed E-state index contributed by atoms with van der Waals surface area (Å²) in [5, 5.41) is 10.9. The van der Waals surface area contributed by atoms with Crippen molar-refractivity contribution in [3.05, 3.63) is 0 Å². The highest BCUT2D eigenvalue weighted by atomic mass is 19.3. The maximum Gasteiger partial charge on any atom is 0.326 e. The van der Waals surface area contributed by atoms with E-state index in [0.717, 1.165) is 6.42 Å². The van der Waals surface area contributed by atoms with E-state index < -0.39 is 30.8 Å². The minimum Gasteiger partial charge on any atom is -0.480 e. The molecule has 0 aromatic rings. The Morgan fingerprint density at radius 2 is 1.85 bits per heavy atom. The second kappa shape index (κ2) is 8.87. The van der Waals surface area contributed by atoms with Crippen LogP contribution in [0, 0.1) is 5.92 Å². The quantitative estimate of drug-likeness (QED) is 0.722. The second-order valence-electron chi connectivity index (χ2n) is 5.48. The standard InChI is InChI=1S/C14H23F2NO3/c15-12(16)9-11(14(19)20)17-13(18)8-4-7-10-5-2-1-3-6-10/h10-12H,1-9H2,(H,17,18)(H,19,20). The number of rotatable bonds is 8. The van der Waals surface area contributed by atoms with Crippen molar-refractivity contribution in [1.82, 2.24) is 5.32 Å². The third-order valence-electron chi connectivity index (χ3n) is 3.79. The summed E-state index contributed by atoms with van der Waals surface area (Å²) in [6.07, 6.45) is 4.45. The van der Waals surface area contributed by atoms with E-state index in [1.54, 1.807) is 0 Å². The molecule has 1 rings (SSSR count). The molecule has 0 bridgehead atoms. The van der Waals surface area contributed by atoms with Gasteiger partial charge in [-0.3, -0.25) is 4.79 Å². The SMILES string of the molecule is O=C(CCCC1CCCCC1)NC(CC(F)F)C(=O)O. The van der Waals surface area contributed by atoms with Crippen LogP contribution in [0.3, 0.4) is 0 Å². The number of aliphatic carboxylic acids is 1. The molecule has 0 aliphatic heterocycles. The Hall–Kier alpha value is -1.20. The van der Waals surface area contributed by atoms with Gasteiger partial charge in [-0.1, -0.05) is 32.1 Å². The minimum atomic E-state index is -2.74. The molecule has 2 N–H and O–H groups in total. The van der Waals surface area contributed by atoms with Crippen LogP contribution >= 0.6 is 0 Å². The fourth-order valence-corrected chi connectivity index (χ4v) is 2.69. The van der Waals surface area contributed by atoms with Crippen molar-refractivity contribution in [2.24, 2.45) is 5.92 Å². The van der Waals surface area contributed by atoms with Gasteiger partial charge in [0.1, 0.15) is 6.04 Å². The van der Waals surface area contributed by atoms with Crippen LogP contribution in [-0.2, 0) is 9.59 Å².